The van der Waals surface area contributed by atoms with Crippen molar-refractivity contribution in [2.75, 3.05) is 19.4 Å². The van der Waals surface area contributed by atoms with E-state index in [1.807, 2.05) is 12.1 Å². The van der Waals surface area contributed by atoms with Crippen molar-refractivity contribution in [2.24, 2.45) is 0 Å². The van der Waals surface area contributed by atoms with Gasteiger partial charge in [-0.3, -0.25) is 9.69 Å². The van der Waals surface area contributed by atoms with Gasteiger partial charge in [0.05, 0.1) is 12.8 Å². The number of nitrogens with zero attached hydrogens (tertiary/aromatic N) is 1. The average Bonchev–Trinajstić information content (AvgIpc) is 2.54. The lowest BCUT2D eigenvalue weighted by Crippen LogP contribution is -2.43. The first-order chi connectivity index (χ1) is 10.7. The van der Waals surface area contributed by atoms with Crippen LogP contribution in [0.2, 0.25) is 0 Å². The molecule has 23 heavy (non-hydrogen) atoms. The highest BCUT2D eigenvalue weighted by molar-refractivity contribution is 5.66. The zero-order valence-corrected chi connectivity index (χ0v) is 14.6. The van der Waals surface area contributed by atoms with E-state index in [0.717, 1.165) is 19.5 Å². The second-order valence-electron chi connectivity index (χ2n) is 7.13. The summed E-state index contributed by atoms with van der Waals surface area (Å²) in [7, 11) is 1.63. The number of benzene rings is 1. The monoisotopic (exact) mass is 320 g/mol. The Hall–Kier alpha value is -1.75. The molecule has 0 saturated carbocycles. The number of anilines is 1. The number of carbonyl (C=O) groups is 1. The van der Waals surface area contributed by atoms with E-state index < -0.39 is 5.97 Å². The van der Waals surface area contributed by atoms with Crippen LogP contribution in [0.1, 0.15) is 57.1 Å². The van der Waals surface area contributed by atoms with Crippen LogP contribution in [0.5, 0.6) is 5.75 Å². The molecule has 1 unspecified atom stereocenters. The van der Waals surface area contributed by atoms with Crippen LogP contribution in [0.25, 0.3) is 0 Å². The van der Waals surface area contributed by atoms with E-state index in [9.17, 15) is 4.79 Å². The van der Waals surface area contributed by atoms with E-state index in [1.54, 1.807) is 7.11 Å². The highest BCUT2D eigenvalue weighted by Gasteiger charge is 2.33. The molecule has 0 radical (unpaired) electrons. The minimum atomic E-state index is -0.735. The van der Waals surface area contributed by atoms with Crippen molar-refractivity contribution in [2.45, 2.75) is 58.0 Å². The summed E-state index contributed by atoms with van der Waals surface area (Å²) >= 11 is 0. The van der Waals surface area contributed by atoms with Gasteiger partial charge in [0.15, 0.2) is 0 Å². The minimum absolute atomic E-state index is 0.0128. The predicted octanol–water partition coefficient (Wildman–Crippen LogP) is 3.23. The number of ether oxygens (including phenoxy) is 1. The summed E-state index contributed by atoms with van der Waals surface area (Å²) in [5, 5.41) is 8.88. The van der Waals surface area contributed by atoms with Crippen LogP contribution in [0.4, 0.5) is 5.69 Å². The first-order valence-corrected chi connectivity index (χ1v) is 8.17. The third-order valence-corrected chi connectivity index (χ3v) is 4.86. The van der Waals surface area contributed by atoms with Crippen LogP contribution in [-0.2, 0) is 11.3 Å². The van der Waals surface area contributed by atoms with Gasteiger partial charge in [-0.2, -0.15) is 0 Å². The Bertz CT molecular complexity index is 584. The van der Waals surface area contributed by atoms with Gasteiger partial charge in [-0.15, -0.1) is 0 Å². The van der Waals surface area contributed by atoms with E-state index in [4.69, 9.17) is 15.6 Å². The number of aliphatic carboxylic acids is 1. The number of carboxylic acid groups (broad SMARTS) is 1. The molecule has 1 heterocycles. The van der Waals surface area contributed by atoms with Gasteiger partial charge in [0.1, 0.15) is 5.75 Å². The summed E-state index contributed by atoms with van der Waals surface area (Å²) in [6.45, 7) is 8.27. The zero-order chi connectivity index (χ0) is 17.2. The lowest BCUT2D eigenvalue weighted by Gasteiger charge is -2.38. The lowest BCUT2D eigenvalue weighted by molar-refractivity contribution is -0.137. The van der Waals surface area contributed by atoms with Crippen LogP contribution in [0.3, 0.4) is 0 Å². The molecule has 5 heteroatoms. The summed E-state index contributed by atoms with van der Waals surface area (Å²) in [6, 6.07) is 4.07. The van der Waals surface area contributed by atoms with Gasteiger partial charge < -0.3 is 15.6 Å². The fourth-order valence-corrected chi connectivity index (χ4v) is 3.64. The van der Waals surface area contributed by atoms with Gasteiger partial charge in [0.25, 0.3) is 0 Å². The van der Waals surface area contributed by atoms with Gasteiger partial charge in [0, 0.05) is 18.5 Å². The molecule has 0 fully saturated rings. The van der Waals surface area contributed by atoms with Gasteiger partial charge >= 0.3 is 5.97 Å². The fraction of sp³-hybridized carbons (Fsp3) is 0.611. The quantitative estimate of drug-likeness (QED) is 0.815. The Morgan fingerprint density at radius 2 is 2.17 bits per heavy atom. The zero-order valence-electron chi connectivity index (χ0n) is 14.6. The van der Waals surface area contributed by atoms with Crippen LogP contribution in [-0.4, -0.2) is 35.2 Å². The molecule has 2 rings (SSSR count). The molecule has 0 amide bonds. The van der Waals surface area contributed by atoms with Crippen molar-refractivity contribution in [3.8, 4) is 5.75 Å². The number of hydrogen-bond acceptors (Lipinski definition) is 4. The Morgan fingerprint density at radius 3 is 2.78 bits per heavy atom. The molecule has 0 aliphatic carbocycles. The molecule has 1 aromatic carbocycles. The molecule has 3 N–H and O–H groups in total. The van der Waals surface area contributed by atoms with Crippen molar-refractivity contribution < 1.29 is 14.6 Å². The number of hydrogen-bond donors (Lipinski definition) is 2. The highest BCUT2D eigenvalue weighted by atomic mass is 16.5. The molecular weight excluding hydrogens is 292 g/mol. The maximum Gasteiger partial charge on any atom is 0.303 e. The van der Waals surface area contributed by atoms with Gasteiger partial charge in [-0.05, 0) is 62.4 Å². The molecule has 0 saturated heterocycles. The van der Waals surface area contributed by atoms with Crippen LogP contribution >= 0.6 is 0 Å². The van der Waals surface area contributed by atoms with Gasteiger partial charge in [0.2, 0.25) is 0 Å². The van der Waals surface area contributed by atoms with E-state index in [0.29, 0.717) is 23.8 Å². The normalized spacial score (nSPS) is 20.6. The molecule has 1 aliphatic heterocycles. The Kier molecular flexibility index (Phi) is 5.19. The topological polar surface area (TPSA) is 75.8 Å². The number of carboxylic acids is 1. The van der Waals surface area contributed by atoms with Crippen molar-refractivity contribution in [3.05, 3.63) is 23.3 Å². The second-order valence-corrected chi connectivity index (χ2v) is 7.13. The molecule has 0 aromatic heterocycles. The number of methoxy groups -OCH3 is 1. The number of rotatable bonds is 5. The number of fused-ring (bicyclic) bond motifs is 1. The second kappa shape index (κ2) is 6.79. The molecular formula is C18H28N2O3. The molecule has 1 aromatic rings. The summed E-state index contributed by atoms with van der Waals surface area (Å²) in [5.41, 5.74) is 9.27. The molecule has 0 spiro atoms. The SMILES string of the molecule is COc1cc2c(cc1N)C(C)CC(C)(C)N(CCCC(=O)O)C2. The number of nitrogen functional groups attached to an aromatic ring is 1. The predicted molar refractivity (Wildman–Crippen MR) is 91.8 cm³/mol. The summed E-state index contributed by atoms with van der Waals surface area (Å²) < 4.78 is 5.37. The van der Waals surface area contributed by atoms with Crippen LogP contribution in [0.15, 0.2) is 12.1 Å². The third-order valence-electron chi connectivity index (χ3n) is 4.86. The van der Waals surface area contributed by atoms with Crippen LogP contribution in [0, 0.1) is 0 Å². The lowest BCUT2D eigenvalue weighted by atomic mass is 9.86. The van der Waals surface area contributed by atoms with E-state index in [-0.39, 0.29) is 12.0 Å². The molecule has 5 nitrogen and oxygen atoms in total. The smallest absolute Gasteiger partial charge is 0.303 e. The molecule has 1 atom stereocenters. The number of nitrogens with two attached hydrogens (primary N) is 1. The molecule has 0 bridgehead atoms. The van der Waals surface area contributed by atoms with E-state index in [1.165, 1.54) is 11.1 Å². The van der Waals surface area contributed by atoms with Crippen molar-refractivity contribution in [1.82, 2.24) is 4.90 Å². The maximum atomic E-state index is 10.8. The summed E-state index contributed by atoms with van der Waals surface area (Å²) in [5.74, 6) is 0.375. The Labute approximate surface area is 138 Å². The van der Waals surface area contributed by atoms with Gasteiger partial charge in [-0.1, -0.05) is 6.92 Å². The minimum Gasteiger partial charge on any atom is -0.495 e. The molecule has 1 aliphatic rings. The third kappa shape index (κ3) is 3.96. The van der Waals surface area contributed by atoms with E-state index in [2.05, 4.69) is 25.7 Å². The Balaban J connectivity index is 2.30. The highest BCUT2D eigenvalue weighted by Crippen LogP contribution is 2.40. The van der Waals surface area contributed by atoms with Crippen molar-refractivity contribution in [1.29, 1.82) is 0 Å². The van der Waals surface area contributed by atoms with Gasteiger partial charge in [-0.25, -0.2) is 0 Å². The molecule has 128 valence electrons. The van der Waals surface area contributed by atoms with Crippen LogP contribution < -0.4 is 10.5 Å². The fourth-order valence-electron chi connectivity index (χ4n) is 3.64. The van der Waals surface area contributed by atoms with Crippen molar-refractivity contribution >= 4 is 11.7 Å². The summed E-state index contributed by atoms with van der Waals surface area (Å²) in [4.78, 5) is 13.2. The summed E-state index contributed by atoms with van der Waals surface area (Å²) in [6.07, 6.45) is 1.88. The average molecular weight is 320 g/mol. The first-order valence-electron chi connectivity index (χ1n) is 8.17. The van der Waals surface area contributed by atoms with E-state index >= 15 is 0 Å². The Morgan fingerprint density at radius 1 is 1.48 bits per heavy atom. The van der Waals surface area contributed by atoms with Crippen molar-refractivity contribution in [3.63, 3.8) is 0 Å². The first kappa shape index (κ1) is 17.6. The maximum absolute atomic E-state index is 10.8. The standard InChI is InChI=1S/C18H28N2O3/c1-12-10-18(2,3)20(7-5-6-17(21)22)11-13-8-16(23-4)15(19)9-14(12)13/h8-9,12H,5-7,10-11,19H2,1-4H3,(H,21,22). The largest absolute Gasteiger partial charge is 0.495 e.